The lowest BCUT2D eigenvalue weighted by atomic mass is 10.0. The summed E-state index contributed by atoms with van der Waals surface area (Å²) < 4.78 is 0. The first-order chi connectivity index (χ1) is 6.59. The number of allylic oxidation sites excluding steroid dienone is 1. The first kappa shape index (κ1) is 10.5. The van der Waals surface area contributed by atoms with Crippen LogP contribution in [-0.2, 0) is 6.42 Å². The SMILES string of the molecule is C=C(C)CCc1ccc(C(=O)O)cc1. The molecule has 0 aliphatic rings. The molecule has 1 aromatic rings. The summed E-state index contributed by atoms with van der Waals surface area (Å²) in [5.41, 5.74) is 2.63. The molecule has 0 aliphatic carbocycles. The lowest BCUT2D eigenvalue weighted by Crippen LogP contribution is -1.96. The first-order valence-corrected chi connectivity index (χ1v) is 4.56. The van der Waals surface area contributed by atoms with Gasteiger partial charge in [0.15, 0.2) is 0 Å². The molecule has 0 aromatic heterocycles. The van der Waals surface area contributed by atoms with E-state index in [2.05, 4.69) is 6.58 Å². The highest BCUT2D eigenvalue weighted by Gasteiger charge is 2.01. The fourth-order valence-corrected chi connectivity index (χ4v) is 1.17. The van der Waals surface area contributed by atoms with Gasteiger partial charge in [0, 0.05) is 0 Å². The van der Waals surface area contributed by atoms with Crippen LogP contribution < -0.4 is 0 Å². The van der Waals surface area contributed by atoms with E-state index in [4.69, 9.17) is 5.11 Å². The van der Waals surface area contributed by atoms with Crippen LogP contribution in [0.2, 0.25) is 0 Å². The second kappa shape index (κ2) is 4.61. The van der Waals surface area contributed by atoms with Crippen molar-refractivity contribution < 1.29 is 9.90 Å². The van der Waals surface area contributed by atoms with Crippen molar-refractivity contribution in [1.29, 1.82) is 0 Å². The Labute approximate surface area is 83.9 Å². The van der Waals surface area contributed by atoms with Crippen LogP contribution in [0.25, 0.3) is 0 Å². The number of carboxylic acid groups (broad SMARTS) is 1. The third-order valence-electron chi connectivity index (χ3n) is 2.04. The fourth-order valence-electron chi connectivity index (χ4n) is 1.17. The van der Waals surface area contributed by atoms with E-state index in [1.165, 1.54) is 0 Å². The van der Waals surface area contributed by atoms with Crippen molar-refractivity contribution in [2.45, 2.75) is 19.8 Å². The van der Waals surface area contributed by atoms with Crippen LogP contribution in [0.1, 0.15) is 29.3 Å². The maximum Gasteiger partial charge on any atom is 0.335 e. The second-order valence-corrected chi connectivity index (χ2v) is 3.46. The Bertz CT molecular complexity index is 336. The van der Waals surface area contributed by atoms with Crippen LogP contribution in [0.4, 0.5) is 0 Å². The molecule has 0 radical (unpaired) electrons. The van der Waals surface area contributed by atoms with E-state index in [0.717, 1.165) is 24.0 Å². The summed E-state index contributed by atoms with van der Waals surface area (Å²) in [5.74, 6) is -0.878. The number of rotatable bonds is 4. The molecule has 0 fully saturated rings. The number of carbonyl (C=O) groups is 1. The highest BCUT2D eigenvalue weighted by atomic mass is 16.4. The summed E-state index contributed by atoms with van der Waals surface area (Å²) in [6.45, 7) is 5.81. The van der Waals surface area contributed by atoms with Crippen LogP contribution >= 0.6 is 0 Å². The molecule has 0 unspecified atom stereocenters. The van der Waals surface area contributed by atoms with E-state index >= 15 is 0 Å². The summed E-state index contributed by atoms with van der Waals surface area (Å²) in [5, 5.41) is 8.68. The third kappa shape index (κ3) is 3.05. The molecule has 14 heavy (non-hydrogen) atoms. The van der Waals surface area contributed by atoms with Crippen molar-refractivity contribution in [3.05, 3.63) is 47.5 Å². The fraction of sp³-hybridized carbons (Fsp3) is 0.250. The predicted octanol–water partition coefficient (Wildman–Crippen LogP) is 2.89. The highest BCUT2D eigenvalue weighted by molar-refractivity contribution is 5.87. The smallest absolute Gasteiger partial charge is 0.335 e. The highest BCUT2D eigenvalue weighted by Crippen LogP contribution is 2.09. The van der Waals surface area contributed by atoms with Gasteiger partial charge in [-0.05, 0) is 37.5 Å². The number of aryl methyl sites for hydroxylation is 1. The van der Waals surface area contributed by atoms with Gasteiger partial charge in [-0.1, -0.05) is 17.7 Å². The largest absolute Gasteiger partial charge is 0.478 e. The molecule has 0 saturated heterocycles. The van der Waals surface area contributed by atoms with Crippen molar-refractivity contribution in [3.63, 3.8) is 0 Å². The number of hydrogen-bond donors (Lipinski definition) is 1. The first-order valence-electron chi connectivity index (χ1n) is 4.56. The molecule has 0 bridgehead atoms. The molecule has 2 nitrogen and oxygen atoms in total. The number of hydrogen-bond acceptors (Lipinski definition) is 1. The molecule has 1 aromatic carbocycles. The molecule has 1 rings (SSSR count). The zero-order chi connectivity index (χ0) is 10.6. The van der Waals surface area contributed by atoms with Crippen molar-refractivity contribution in [3.8, 4) is 0 Å². The van der Waals surface area contributed by atoms with E-state index in [1.54, 1.807) is 12.1 Å². The zero-order valence-electron chi connectivity index (χ0n) is 8.29. The predicted molar refractivity (Wildman–Crippen MR) is 56.5 cm³/mol. The molecular formula is C12H14O2. The van der Waals surface area contributed by atoms with E-state index < -0.39 is 5.97 Å². The quantitative estimate of drug-likeness (QED) is 0.741. The van der Waals surface area contributed by atoms with Gasteiger partial charge in [-0.15, -0.1) is 6.58 Å². The molecule has 0 spiro atoms. The summed E-state index contributed by atoms with van der Waals surface area (Å²) in [4.78, 5) is 10.6. The van der Waals surface area contributed by atoms with Gasteiger partial charge in [-0.25, -0.2) is 4.79 Å². The van der Waals surface area contributed by atoms with Gasteiger partial charge >= 0.3 is 5.97 Å². The maximum absolute atomic E-state index is 10.6. The normalized spacial score (nSPS) is 9.79. The lowest BCUT2D eigenvalue weighted by molar-refractivity contribution is 0.0697. The van der Waals surface area contributed by atoms with Gasteiger partial charge < -0.3 is 5.11 Å². The monoisotopic (exact) mass is 190 g/mol. The van der Waals surface area contributed by atoms with Crippen LogP contribution in [0.3, 0.4) is 0 Å². The van der Waals surface area contributed by atoms with E-state index in [1.807, 2.05) is 19.1 Å². The number of benzene rings is 1. The Morgan fingerprint density at radius 2 is 1.93 bits per heavy atom. The molecule has 0 aliphatic heterocycles. The topological polar surface area (TPSA) is 37.3 Å². The zero-order valence-corrected chi connectivity index (χ0v) is 8.29. The number of aromatic carboxylic acids is 1. The minimum Gasteiger partial charge on any atom is -0.478 e. The molecule has 0 amide bonds. The van der Waals surface area contributed by atoms with Crippen molar-refractivity contribution in [2.75, 3.05) is 0 Å². The maximum atomic E-state index is 10.6. The summed E-state index contributed by atoms with van der Waals surface area (Å²) in [6, 6.07) is 6.98. The minimum absolute atomic E-state index is 0.337. The van der Waals surface area contributed by atoms with Gasteiger partial charge in [-0.2, -0.15) is 0 Å². The molecule has 1 N–H and O–H groups in total. The summed E-state index contributed by atoms with van der Waals surface area (Å²) in [6.07, 6.45) is 1.88. The van der Waals surface area contributed by atoms with Gasteiger partial charge in [-0.3, -0.25) is 0 Å². The third-order valence-corrected chi connectivity index (χ3v) is 2.04. The van der Waals surface area contributed by atoms with E-state index in [0.29, 0.717) is 5.56 Å². The Morgan fingerprint density at radius 3 is 2.36 bits per heavy atom. The van der Waals surface area contributed by atoms with Crippen molar-refractivity contribution in [2.24, 2.45) is 0 Å². The Balaban J connectivity index is 2.64. The molecular weight excluding hydrogens is 176 g/mol. The Hall–Kier alpha value is -1.57. The lowest BCUT2D eigenvalue weighted by Gasteiger charge is -2.01. The number of carboxylic acids is 1. The average Bonchev–Trinajstić information content (AvgIpc) is 2.15. The molecule has 74 valence electrons. The van der Waals surface area contributed by atoms with Crippen LogP contribution in [-0.4, -0.2) is 11.1 Å². The van der Waals surface area contributed by atoms with Gasteiger partial charge in [0.1, 0.15) is 0 Å². The van der Waals surface area contributed by atoms with Crippen LogP contribution in [0, 0.1) is 0 Å². The van der Waals surface area contributed by atoms with Gasteiger partial charge in [0.2, 0.25) is 0 Å². The molecule has 2 heteroatoms. The van der Waals surface area contributed by atoms with E-state index in [-0.39, 0.29) is 0 Å². The second-order valence-electron chi connectivity index (χ2n) is 3.46. The molecule has 0 heterocycles. The van der Waals surface area contributed by atoms with Crippen molar-refractivity contribution >= 4 is 5.97 Å². The summed E-state index contributed by atoms with van der Waals surface area (Å²) >= 11 is 0. The minimum atomic E-state index is -0.878. The Kier molecular flexibility index (Phi) is 3.46. The average molecular weight is 190 g/mol. The molecule has 0 atom stereocenters. The Morgan fingerprint density at radius 1 is 1.36 bits per heavy atom. The van der Waals surface area contributed by atoms with Gasteiger partial charge in [0.25, 0.3) is 0 Å². The molecule has 0 saturated carbocycles. The van der Waals surface area contributed by atoms with Crippen LogP contribution in [0.15, 0.2) is 36.4 Å². The van der Waals surface area contributed by atoms with Crippen LogP contribution in [0.5, 0.6) is 0 Å². The van der Waals surface area contributed by atoms with Crippen molar-refractivity contribution in [1.82, 2.24) is 0 Å². The van der Waals surface area contributed by atoms with E-state index in [9.17, 15) is 4.79 Å². The summed E-state index contributed by atoms with van der Waals surface area (Å²) in [7, 11) is 0. The standard InChI is InChI=1S/C12H14O2/c1-9(2)3-4-10-5-7-11(8-6-10)12(13)14/h5-8H,1,3-4H2,2H3,(H,13,14). The van der Waals surface area contributed by atoms with Gasteiger partial charge in [0.05, 0.1) is 5.56 Å².